The molecule has 4 aliphatic rings. The lowest BCUT2D eigenvalue weighted by atomic mass is 9.98. The van der Waals surface area contributed by atoms with Crippen molar-refractivity contribution in [1.29, 1.82) is 0 Å². The molecule has 3 aromatic rings. The Balaban J connectivity index is 0.996. The molecular weight excluding hydrogens is 610 g/mol. The van der Waals surface area contributed by atoms with Gasteiger partial charge in [0.1, 0.15) is 5.65 Å². The molecule has 12 heteroatoms. The smallest absolute Gasteiger partial charge is 0.410 e. The van der Waals surface area contributed by atoms with E-state index in [0.29, 0.717) is 51.6 Å². The first-order valence-corrected chi connectivity index (χ1v) is 17.6. The molecule has 1 atom stereocenters. The second-order valence-electron chi connectivity index (χ2n) is 13.8. The summed E-state index contributed by atoms with van der Waals surface area (Å²) >= 11 is 0. The van der Waals surface area contributed by atoms with Gasteiger partial charge >= 0.3 is 12.1 Å². The van der Waals surface area contributed by atoms with Crippen LogP contribution in [0.2, 0.25) is 0 Å². The molecule has 0 radical (unpaired) electrons. The number of nitrogens with one attached hydrogen (secondary N) is 1. The largest absolute Gasteiger partial charge is 0.436 e. The van der Waals surface area contributed by atoms with Crippen LogP contribution in [-0.4, -0.2) is 122 Å². The molecule has 3 fully saturated rings. The third-order valence-corrected chi connectivity index (χ3v) is 10.8. The van der Waals surface area contributed by atoms with Crippen LogP contribution in [0.1, 0.15) is 55.2 Å². The lowest BCUT2D eigenvalue weighted by molar-refractivity contribution is -0.142. The van der Waals surface area contributed by atoms with Gasteiger partial charge in [-0.3, -0.25) is 4.79 Å². The minimum absolute atomic E-state index is 0.0233. The van der Waals surface area contributed by atoms with Gasteiger partial charge in [-0.25, -0.2) is 14.6 Å². The van der Waals surface area contributed by atoms with E-state index in [1.54, 1.807) is 11.1 Å². The highest BCUT2D eigenvalue weighted by Crippen LogP contribution is 2.26. The molecule has 1 aromatic carbocycles. The summed E-state index contributed by atoms with van der Waals surface area (Å²) in [7, 11) is 0. The maximum atomic E-state index is 14.1. The van der Waals surface area contributed by atoms with E-state index in [-0.39, 0.29) is 30.5 Å². The van der Waals surface area contributed by atoms with Crippen LogP contribution in [0.5, 0.6) is 0 Å². The van der Waals surface area contributed by atoms with Gasteiger partial charge in [0, 0.05) is 88.6 Å². The SMILES string of the molecule is Cc1cc(C[C@@H](OC(=O)N2CCC(N3CCc4ccccc4NC3=O)CC2)C(=O)N2CCC(N3CCC(O)CC3)CC2)cn2ccnc12. The van der Waals surface area contributed by atoms with Crippen molar-refractivity contribution in [3.05, 3.63) is 65.6 Å². The number of rotatable bonds is 6. The number of para-hydroxylation sites is 1. The van der Waals surface area contributed by atoms with Gasteiger partial charge < -0.3 is 39.2 Å². The molecule has 256 valence electrons. The number of aromatic nitrogens is 2. The molecule has 0 saturated carbocycles. The number of piperidine rings is 3. The summed E-state index contributed by atoms with van der Waals surface area (Å²) in [5.41, 5.74) is 4.74. The molecule has 0 spiro atoms. The zero-order valence-corrected chi connectivity index (χ0v) is 27.8. The molecule has 7 rings (SSSR count). The summed E-state index contributed by atoms with van der Waals surface area (Å²) in [6.07, 6.45) is 9.62. The number of imidazole rings is 1. The second kappa shape index (κ2) is 14.1. The van der Waals surface area contributed by atoms with Gasteiger partial charge in [0.15, 0.2) is 6.10 Å². The van der Waals surface area contributed by atoms with Crippen LogP contribution in [0.15, 0.2) is 48.9 Å². The van der Waals surface area contributed by atoms with E-state index in [1.807, 2.05) is 63.8 Å². The van der Waals surface area contributed by atoms with Gasteiger partial charge in [-0.1, -0.05) is 24.3 Å². The van der Waals surface area contributed by atoms with Crippen LogP contribution in [0.25, 0.3) is 5.65 Å². The van der Waals surface area contributed by atoms with Gasteiger partial charge in [0.05, 0.1) is 6.10 Å². The van der Waals surface area contributed by atoms with Crippen molar-refractivity contribution in [2.75, 3.05) is 51.1 Å². The first-order valence-electron chi connectivity index (χ1n) is 17.6. The van der Waals surface area contributed by atoms with Crippen molar-refractivity contribution in [3.63, 3.8) is 0 Å². The first kappa shape index (κ1) is 32.4. The quantitative estimate of drug-likeness (QED) is 0.415. The van der Waals surface area contributed by atoms with Crippen LogP contribution in [0.3, 0.4) is 0 Å². The number of carbonyl (C=O) groups is 3. The van der Waals surface area contributed by atoms with E-state index >= 15 is 0 Å². The monoisotopic (exact) mass is 657 g/mol. The van der Waals surface area contributed by atoms with Gasteiger partial charge in [0.2, 0.25) is 0 Å². The van der Waals surface area contributed by atoms with Crippen LogP contribution in [0, 0.1) is 6.92 Å². The molecule has 0 bridgehead atoms. The number of urea groups is 1. The third kappa shape index (κ3) is 7.00. The highest BCUT2D eigenvalue weighted by atomic mass is 16.6. The number of hydrogen-bond acceptors (Lipinski definition) is 7. The number of aliphatic hydroxyl groups excluding tert-OH is 1. The molecule has 6 heterocycles. The Bertz CT molecular complexity index is 1620. The third-order valence-electron chi connectivity index (χ3n) is 10.8. The van der Waals surface area contributed by atoms with Crippen molar-refractivity contribution in [1.82, 2.24) is 29.0 Å². The summed E-state index contributed by atoms with van der Waals surface area (Å²) in [5, 5.41) is 13.0. The number of anilines is 1. The van der Waals surface area contributed by atoms with Crippen LogP contribution in [0.4, 0.5) is 15.3 Å². The normalized spacial score (nSPS) is 21.1. The van der Waals surface area contributed by atoms with Gasteiger partial charge in [-0.15, -0.1) is 0 Å². The molecule has 2 aromatic heterocycles. The van der Waals surface area contributed by atoms with Crippen LogP contribution >= 0.6 is 0 Å². The average Bonchev–Trinajstić information content (AvgIpc) is 3.52. The fourth-order valence-corrected chi connectivity index (χ4v) is 7.99. The van der Waals surface area contributed by atoms with Crippen LogP contribution < -0.4 is 5.32 Å². The van der Waals surface area contributed by atoms with Crippen molar-refractivity contribution >= 4 is 29.4 Å². The van der Waals surface area contributed by atoms with Crippen molar-refractivity contribution in [2.24, 2.45) is 0 Å². The number of benzene rings is 1. The summed E-state index contributed by atoms with van der Waals surface area (Å²) in [6, 6.07) is 10.2. The van der Waals surface area contributed by atoms with E-state index in [2.05, 4.69) is 15.2 Å². The Morgan fingerprint density at radius 2 is 1.67 bits per heavy atom. The highest BCUT2D eigenvalue weighted by Gasteiger charge is 2.36. The van der Waals surface area contributed by atoms with Gasteiger partial charge in [-0.2, -0.15) is 0 Å². The lowest BCUT2D eigenvalue weighted by Crippen LogP contribution is -2.53. The van der Waals surface area contributed by atoms with E-state index in [9.17, 15) is 19.5 Å². The zero-order valence-electron chi connectivity index (χ0n) is 27.8. The molecule has 4 aliphatic heterocycles. The molecule has 12 nitrogen and oxygen atoms in total. The van der Waals surface area contributed by atoms with E-state index in [0.717, 1.165) is 73.2 Å². The minimum Gasteiger partial charge on any atom is -0.436 e. The summed E-state index contributed by atoms with van der Waals surface area (Å²) < 4.78 is 8.04. The van der Waals surface area contributed by atoms with E-state index < -0.39 is 12.2 Å². The number of aliphatic hydroxyl groups is 1. The first-order chi connectivity index (χ1) is 23.3. The van der Waals surface area contributed by atoms with Crippen molar-refractivity contribution < 1.29 is 24.2 Å². The number of fused-ring (bicyclic) bond motifs is 2. The fraction of sp³-hybridized carbons (Fsp3) is 0.556. The van der Waals surface area contributed by atoms with Gasteiger partial charge in [-0.05, 0) is 74.6 Å². The highest BCUT2D eigenvalue weighted by molar-refractivity contribution is 5.91. The Morgan fingerprint density at radius 3 is 2.44 bits per heavy atom. The molecular formula is C36H47N7O5. The number of ether oxygens (including phenoxy) is 1. The molecule has 0 aliphatic carbocycles. The Morgan fingerprint density at radius 1 is 0.958 bits per heavy atom. The van der Waals surface area contributed by atoms with Crippen LogP contribution in [-0.2, 0) is 22.4 Å². The van der Waals surface area contributed by atoms with Gasteiger partial charge in [0.25, 0.3) is 5.91 Å². The predicted molar refractivity (Wildman–Crippen MR) is 181 cm³/mol. The van der Waals surface area contributed by atoms with Crippen molar-refractivity contribution in [3.8, 4) is 0 Å². The van der Waals surface area contributed by atoms with E-state index in [4.69, 9.17) is 4.74 Å². The van der Waals surface area contributed by atoms with E-state index in [1.165, 1.54) is 0 Å². The fourth-order valence-electron chi connectivity index (χ4n) is 7.99. The number of amides is 4. The standard InChI is InChI=1S/C36H47N7O5/c1-25-22-26(24-42-21-13-37-33(25)42)23-32(34(45)40-14-7-28(8-15-40)39-18-11-30(44)12-19-39)48-36(47)41-16-9-29(10-17-41)43-20-6-27-4-2-3-5-31(27)38-35(43)46/h2-5,13,21-22,24,28-30,32,44H,6-12,14-20,23H2,1H3,(H,38,46)/t32-/m1/s1. The summed E-state index contributed by atoms with van der Waals surface area (Å²) in [6.45, 7) is 6.55. The average molecular weight is 658 g/mol. The number of nitrogens with zero attached hydrogens (tertiary/aromatic N) is 6. The number of hydrogen-bond donors (Lipinski definition) is 2. The molecule has 0 unspecified atom stereocenters. The molecule has 2 N–H and O–H groups in total. The minimum atomic E-state index is -0.952. The molecule has 4 amide bonds. The molecule has 48 heavy (non-hydrogen) atoms. The second-order valence-corrected chi connectivity index (χ2v) is 13.8. The topological polar surface area (TPSA) is 123 Å². The number of aryl methyl sites for hydroxylation is 1. The maximum Gasteiger partial charge on any atom is 0.410 e. The van der Waals surface area contributed by atoms with Crippen molar-refractivity contribution in [2.45, 2.75) is 82.6 Å². The summed E-state index contributed by atoms with van der Waals surface area (Å²) in [4.78, 5) is 53.1. The summed E-state index contributed by atoms with van der Waals surface area (Å²) in [5.74, 6) is -0.157. The predicted octanol–water partition coefficient (Wildman–Crippen LogP) is 3.69. The Hall–Kier alpha value is -4.16. The maximum absolute atomic E-state index is 14.1. The molecule has 3 saturated heterocycles. The number of likely N-dealkylation sites (tertiary alicyclic amines) is 3. The number of carbonyl (C=O) groups excluding carboxylic acids is 3. The Kier molecular flexibility index (Phi) is 9.54. The lowest BCUT2D eigenvalue weighted by Gasteiger charge is -2.41. The number of pyridine rings is 1. The Labute approximate surface area is 281 Å². The zero-order chi connectivity index (χ0) is 33.2.